The normalized spacial score (nSPS) is 20.1. The maximum Gasteiger partial charge on any atom is 0.257 e. The van der Waals surface area contributed by atoms with Crippen LogP contribution in [0.4, 0.5) is 0 Å². The second-order valence-corrected chi connectivity index (χ2v) is 7.96. The lowest BCUT2D eigenvalue weighted by Gasteiger charge is -2.10. The number of halogens is 1. The number of rotatable bonds is 2. The number of sulfone groups is 1. The van der Waals surface area contributed by atoms with Crippen molar-refractivity contribution in [1.29, 1.82) is 0 Å². The van der Waals surface area contributed by atoms with Crippen molar-refractivity contribution in [2.45, 2.75) is 12.5 Å². The van der Waals surface area contributed by atoms with Crippen molar-refractivity contribution < 1.29 is 13.2 Å². The highest BCUT2D eigenvalue weighted by Crippen LogP contribution is 2.16. The number of nitrogens with one attached hydrogen (secondary N) is 2. The molecule has 1 atom stereocenters. The molecule has 1 amide bonds. The topological polar surface area (TPSA) is 96.1 Å². The summed E-state index contributed by atoms with van der Waals surface area (Å²) in [5.41, 5.74) is 0.0862. The fourth-order valence-corrected chi connectivity index (χ4v) is 4.38. The molecule has 22 heavy (non-hydrogen) atoms. The van der Waals surface area contributed by atoms with E-state index in [0.717, 1.165) is 0 Å². The van der Waals surface area contributed by atoms with E-state index >= 15 is 0 Å². The summed E-state index contributed by atoms with van der Waals surface area (Å²) in [6.45, 7) is 0. The summed E-state index contributed by atoms with van der Waals surface area (Å²) in [7, 11) is -3.09. The van der Waals surface area contributed by atoms with Crippen LogP contribution in [-0.2, 0) is 9.84 Å². The van der Waals surface area contributed by atoms with Gasteiger partial charge >= 0.3 is 0 Å². The van der Waals surface area contributed by atoms with Gasteiger partial charge in [-0.2, -0.15) is 0 Å². The van der Waals surface area contributed by atoms with Crippen LogP contribution in [0, 0.1) is 0 Å². The number of aromatic nitrogens is 1. The van der Waals surface area contributed by atoms with Crippen LogP contribution in [0.1, 0.15) is 16.8 Å². The summed E-state index contributed by atoms with van der Waals surface area (Å²) in [4.78, 5) is 27.4. The number of pyridine rings is 1. The lowest BCUT2D eigenvalue weighted by atomic mass is 10.1. The lowest BCUT2D eigenvalue weighted by molar-refractivity contribution is 0.0940. The third-order valence-corrected chi connectivity index (χ3v) is 5.66. The zero-order chi connectivity index (χ0) is 15.9. The molecule has 6 nitrogen and oxygen atoms in total. The number of amides is 1. The van der Waals surface area contributed by atoms with Crippen LogP contribution >= 0.6 is 11.6 Å². The smallest absolute Gasteiger partial charge is 0.257 e. The second kappa shape index (κ2) is 5.40. The molecule has 1 aromatic heterocycles. The van der Waals surface area contributed by atoms with Crippen molar-refractivity contribution in [2.24, 2.45) is 0 Å². The Balaban J connectivity index is 1.91. The summed E-state index contributed by atoms with van der Waals surface area (Å²) in [6, 6.07) is 4.34. The second-order valence-electron chi connectivity index (χ2n) is 5.29. The van der Waals surface area contributed by atoms with E-state index in [9.17, 15) is 18.0 Å². The molecule has 0 unspecified atom stereocenters. The van der Waals surface area contributed by atoms with E-state index in [1.54, 1.807) is 12.1 Å². The third kappa shape index (κ3) is 2.86. The van der Waals surface area contributed by atoms with Gasteiger partial charge in [-0.25, -0.2) is 8.42 Å². The van der Waals surface area contributed by atoms with Crippen LogP contribution < -0.4 is 10.7 Å². The SMILES string of the molecule is O=C(N[C@@H]1CCS(=O)(=O)C1)c1c[nH]c2ccc(Cl)cc2c1=O. The number of fused-ring (bicyclic) bond motifs is 1. The lowest BCUT2D eigenvalue weighted by Crippen LogP contribution is -2.38. The zero-order valence-electron chi connectivity index (χ0n) is 11.4. The first kappa shape index (κ1) is 15.1. The van der Waals surface area contributed by atoms with Gasteiger partial charge in [0.15, 0.2) is 9.84 Å². The maximum absolute atomic E-state index is 12.4. The standard InChI is InChI=1S/C14H13ClN2O4S/c15-8-1-2-12-10(5-8)13(18)11(6-16-12)14(19)17-9-3-4-22(20,21)7-9/h1-2,5-6,9H,3-4,7H2,(H,16,18)(H,17,19)/t9-/m1/s1. The minimum Gasteiger partial charge on any atom is -0.360 e. The van der Waals surface area contributed by atoms with Crippen LogP contribution in [0.5, 0.6) is 0 Å². The molecule has 1 saturated heterocycles. The van der Waals surface area contributed by atoms with Crippen LogP contribution in [0.15, 0.2) is 29.2 Å². The molecule has 3 rings (SSSR count). The Kier molecular flexibility index (Phi) is 3.70. The fraction of sp³-hybridized carbons (Fsp3) is 0.286. The predicted octanol–water partition coefficient (Wildman–Crippen LogP) is 1.10. The summed E-state index contributed by atoms with van der Waals surface area (Å²) in [5, 5.41) is 3.32. The fourth-order valence-electron chi connectivity index (χ4n) is 2.53. The average Bonchev–Trinajstić information content (AvgIpc) is 2.79. The van der Waals surface area contributed by atoms with Crippen LogP contribution in [-0.4, -0.2) is 36.9 Å². The molecule has 0 aliphatic carbocycles. The molecule has 8 heteroatoms. The molecule has 1 aliphatic heterocycles. The molecule has 2 aromatic rings. The van der Waals surface area contributed by atoms with Gasteiger partial charge in [-0.1, -0.05) is 11.6 Å². The van der Waals surface area contributed by atoms with Gasteiger partial charge in [0.05, 0.1) is 11.5 Å². The Morgan fingerprint density at radius 1 is 1.36 bits per heavy atom. The summed E-state index contributed by atoms with van der Waals surface area (Å²) >= 11 is 5.87. The van der Waals surface area contributed by atoms with Crippen molar-refractivity contribution in [3.05, 3.63) is 45.2 Å². The molecule has 116 valence electrons. The average molecular weight is 341 g/mol. The molecule has 2 N–H and O–H groups in total. The Morgan fingerprint density at radius 3 is 2.82 bits per heavy atom. The molecule has 1 aliphatic rings. The van der Waals surface area contributed by atoms with Gasteiger partial charge in [-0.15, -0.1) is 0 Å². The van der Waals surface area contributed by atoms with Crippen molar-refractivity contribution in [2.75, 3.05) is 11.5 Å². The van der Waals surface area contributed by atoms with Crippen molar-refractivity contribution >= 4 is 38.2 Å². The van der Waals surface area contributed by atoms with Gasteiger partial charge in [0.1, 0.15) is 5.56 Å². The molecule has 0 saturated carbocycles. The predicted molar refractivity (Wildman–Crippen MR) is 84.1 cm³/mol. The summed E-state index contributed by atoms with van der Waals surface area (Å²) in [6.07, 6.45) is 1.70. The Bertz CT molecular complexity index is 920. The highest BCUT2D eigenvalue weighted by atomic mass is 35.5. The monoisotopic (exact) mass is 340 g/mol. The van der Waals surface area contributed by atoms with Crippen molar-refractivity contribution in [3.63, 3.8) is 0 Å². The molecule has 2 heterocycles. The number of hydrogen-bond donors (Lipinski definition) is 2. The number of carbonyl (C=O) groups excluding carboxylic acids is 1. The van der Waals surface area contributed by atoms with Gasteiger partial charge in [0.2, 0.25) is 5.43 Å². The maximum atomic E-state index is 12.4. The van der Waals surface area contributed by atoms with Gasteiger partial charge in [-0.05, 0) is 24.6 Å². The first-order valence-electron chi connectivity index (χ1n) is 6.68. The number of carbonyl (C=O) groups is 1. The third-order valence-electron chi connectivity index (χ3n) is 3.66. The van der Waals surface area contributed by atoms with Gasteiger partial charge in [0.25, 0.3) is 5.91 Å². The van der Waals surface area contributed by atoms with E-state index in [2.05, 4.69) is 10.3 Å². The number of aromatic amines is 1. The Morgan fingerprint density at radius 2 is 2.14 bits per heavy atom. The van der Waals surface area contributed by atoms with E-state index in [1.165, 1.54) is 12.3 Å². The van der Waals surface area contributed by atoms with Crippen LogP contribution in [0.3, 0.4) is 0 Å². The van der Waals surface area contributed by atoms with Crippen LogP contribution in [0.2, 0.25) is 5.02 Å². The largest absolute Gasteiger partial charge is 0.360 e. The Labute approximate surface area is 131 Å². The molecule has 1 fully saturated rings. The van der Waals surface area contributed by atoms with E-state index in [-0.39, 0.29) is 17.1 Å². The van der Waals surface area contributed by atoms with Crippen molar-refractivity contribution in [1.82, 2.24) is 10.3 Å². The van der Waals surface area contributed by atoms with Crippen molar-refractivity contribution in [3.8, 4) is 0 Å². The first-order valence-corrected chi connectivity index (χ1v) is 8.88. The minimum absolute atomic E-state index is 0.0564. The quantitative estimate of drug-likeness (QED) is 0.855. The number of H-pyrrole nitrogens is 1. The first-order chi connectivity index (χ1) is 10.4. The molecular weight excluding hydrogens is 328 g/mol. The van der Waals surface area contributed by atoms with E-state index in [4.69, 9.17) is 11.6 Å². The van der Waals surface area contributed by atoms with Gasteiger partial charge in [-0.3, -0.25) is 9.59 Å². The molecule has 0 spiro atoms. The van der Waals surface area contributed by atoms with Gasteiger partial charge < -0.3 is 10.3 Å². The van der Waals surface area contributed by atoms with Gasteiger partial charge in [0, 0.05) is 28.2 Å². The Hall–Kier alpha value is -1.86. The molecular formula is C14H13ClN2O4S. The van der Waals surface area contributed by atoms with Crippen LogP contribution in [0.25, 0.3) is 10.9 Å². The number of benzene rings is 1. The molecule has 0 radical (unpaired) electrons. The molecule has 0 bridgehead atoms. The highest BCUT2D eigenvalue weighted by molar-refractivity contribution is 7.91. The molecule has 1 aromatic carbocycles. The zero-order valence-corrected chi connectivity index (χ0v) is 13.0. The van der Waals surface area contributed by atoms with E-state index in [0.29, 0.717) is 22.3 Å². The highest BCUT2D eigenvalue weighted by Gasteiger charge is 2.29. The summed E-state index contributed by atoms with van der Waals surface area (Å²) < 4.78 is 22.8. The van der Waals surface area contributed by atoms with E-state index in [1.807, 2.05) is 0 Å². The summed E-state index contributed by atoms with van der Waals surface area (Å²) in [5.74, 6) is -0.609. The van der Waals surface area contributed by atoms with E-state index < -0.39 is 27.2 Å². The minimum atomic E-state index is -3.09. The number of hydrogen-bond acceptors (Lipinski definition) is 4.